The summed E-state index contributed by atoms with van der Waals surface area (Å²) >= 11 is 0. The quantitative estimate of drug-likeness (QED) is 0.556. The second-order valence-corrected chi connectivity index (χ2v) is 7.62. The molecule has 4 N–H and O–H groups in total. The number of rotatable bonds is 6. The highest BCUT2D eigenvalue weighted by atomic mass is 32.2. The average Bonchev–Trinajstić information content (AvgIpc) is 2.90. The molecule has 5 nitrogen and oxygen atoms in total. The summed E-state index contributed by atoms with van der Waals surface area (Å²) in [6.07, 6.45) is 5.96. The molecule has 1 aliphatic carbocycles. The zero-order valence-corrected chi connectivity index (χ0v) is 13.6. The van der Waals surface area contributed by atoms with E-state index in [4.69, 9.17) is 5.84 Å². The summed E-state index contributed by atoms with van der Waals surface area (Å²) in [5.74, 6) is 6.06. The van der Waals surface area contributed by atoms with Crippen molar-refractivity contribution in [1.82, 2.24) is 4.72 Å². The minimum absolute atomic E-state index is 0.368. The van der Waals surface area contributed by atoms with E-state index in [1.165, 1.54) is 25.7 Å². The van der Waals surface area contributed by atoms with Crippen LogP contribution in [0.3, 0.4) is 0 Å². The lowest BCUT2D eigenvalue weighted by molar-refractivity contribution is 0.495. The van der Waals surface area contributed by atoms with Crippen molar-refractivity contribution in [2.45, 2.75) is 50.8 Å². The van der Waals surface area contributed by atoms with Gasteiger partial charge in [0.15, 0.2) is 0 Å². The Morgan fingerprint density at radius 1 is 1.19 bits per heavy atom. The van der Waals surface area contributed by atoms with Crippen LogP contribution in [0.4, 0.5) is 5.69 Å². The van der Waals surface area contributed by atoms with Gasteiger partial charge in [-0.15, -0.1) is 0 Å². The maximum Gasteiger partial charge on any atom is 0.241 e. The van der Waals surface area contributed by atoms with E-state index in [-0.39, 0.29) is 0 Å². The molecule has 21 heavy (non-hydrogen) atoms. The smallest absolute Gasteiger partial charge is 0.241 e. The fourth-order valence-electron chi connectivity index (χ4n) is 3.23. The minimum Gasteiger partial charge on any atom is -0.324 e. The number of nitrogens with one attached hydrogen (secondary N) is 2. The van der Waals surface area contributed by atoms with Crippen molar-refractivity contribution in [3.63, 3.8) is 0 Å². The van der Waals surface area contributed by atoms with Gasteiger partial charge in [0, 0.05) is 12.2 Å². The Labute approximate surface area is 127 Å². The van der Waals surface area contributed by atoms with Gasteiger partial charge >= 0.3 is 0 Å². The van der Waals surface area contributed by atoms with Gasteiger partial charge in [0.05, 0.1) is 4.90 Å². The van der Waals surface area contributed by atoms with Gasteiger partial charge in [-0.05, 0) is 49.4 Å². The first kappa shape index (κ1) is 16.3. The third-order valence-corrected chi connectivity index (χ3v) is 5.98. The van der Waals surface area contributed by atoms with Crippen molar-refractivity contribution >= 4 is 15.7 Å². The van der Waals surface area contributed by atoms with E-state index in [2.05, 4.69) is 10.1 Å². The second-order valence-electron chi connectivity index (χ2n) is 5.92. The molecule has 1 aromatic rings. The van der Waals surface area contributed by atoms with Crippen molar-refractivity contribution in [2.75, 3.05) is 12.0 Å². The second kappa shape index (κ2) is 6.77. The third-order valence-electron chi connectivity index (χ3n) is 4.22. The molecule has 0 heterocycles. The summed E-state index contributed by atoms with van der Waals surface area (Å²) < 4.78 is 27.7. The molecule has 0 bridgehead atoms. The first-order chi connectivity index (χ1) is 9.94. The Balaban J connectivity index is 2.08. The Hall–Kier alpha value is -1.11. The Morgan fingerprint density at radius 3 is 2.29 bits per heavy atom. The SMILES string of the molecule is Cc1cc(NN)cc(C)c1S(=O)(=O)NCCC1CCCC1. The molecule has 0 radical (unpaired) electrons. The van der Waals surface area contributed by atoms with Crippen LogP contribution in [0.5, 0.6) is 0 Å². The predicted octanol–water partition coefficient (Wildman–Crippen LogP) is 2.45. The molecular weight excluding hydrogens is 286 g/mol. The topological polar surface area (TPSA) is 84.2 Å². The van der Waals surface area contributed by atoms with Crippen molar-refractivity contribution in [1.29, 1.82) is 0 Å². The van der Waals surface area contributed by atoms with E-state index in [0.29, 0.717) is 28.5 Å². The molecule has 1 aliphatic rings. The lowest BCUT2D eigenvalue weighted by Gasteiger charge is -2.15. The van der Waals surface area contributed by atoms with Gasteiger partial charge in [-0.1, -0.05) is 25.7 Å². The van der Waals surface area contributed by atoms with Crippen molar-refractivity contribution < 1.29 is 8.42 Å². The lowest BCUT2D eigenvalue weighted by atomic mass is 10.1. The fourth-order valence-corrected chi connectivity index (χ4v) is 4.72. The van der Waals surface area contributed by atoms with E-state index >= 15 is 0 Å². The van der Waals surface area contributed by atoms with Crippen LogP contribution < -0.4 is 16.0 Å². The maximum absolute atomic E-state index is 12.5. The summed E-state index contributed by atoms with van der Waals surface area (Å²) in [6.45, 7) is 4.10. The van der Waals surface area contributed by atoms with E-state index in [1.807, 2.05) is 0 Å². The highest BCUT2D eigenvalue weighted by Crippen LogP contribution is 2.28. The summed E-state index contributed by atoms with van der Waals surface area (Å²) in [5, 5.41) is 0. The number of nitrogens with two attached hydrogens (primary N) is 1. The van der Waals surface area contributed by atoms with E-state index < -0.39 is 10.0 Å². The largest absolute Gasteiger partial charge is 0.324 e. The van der Waals surface area contributed by atoms with Gasteiger partial charge in [-0.2, -0.15) is 0 Å². The van der Waals surface area contributed by atoms with E-state index in [1.54, 1.807) is 26.0 Å². The molecule has 0 saturated heterocycles. The standard InChI is InChI=1S/C15H25N3O2S/c1-11-9-14(18-16)10-12(2)15(11)21(19,20)17-8-7-13-5-3-4-6-13/h9-10,13,17-18H,3-8,16H2,1-2H3. The number of hydrogen-bond acceptors (Lipinski definition) is 4. The van der Waals surface area contributed by atoms with Crippen LogP contribution in [0, 0.1) is 19.8 Å². The Bertz CT molecular complexity index is 570. The molecular formula is C15H25N3O2S. The van der Waals surface area contributed by atoms with Crippen LogP contribution in [-0.4, -0.2) is 15.0 Å². The number of aryl methyl sites for hydroxylation is 2. The van der Waals surface area contributed by atoms with Crippen LogP contribution in [0.15, 0.2) is 17.0 Å². The van der Waals surface area contributed by atoms with Gasteiger partial charge in [-0.25, -0.2) is 13.1 Å². The third kappa shape index (κ3) is 3.96. The molecule has 6 heteroatoms. The van der Waals surface area contributed by atoms with Crippen LogP contribution >= 0.6 is 0 Å². The number of sulfonamides is 1. The highest BCUT2D eigenvalue weighted by molar-refractivity contribution is 7.89. The van der Waals surface area contributed by atoms with Gasteiger partial charge in [0.1, 0.15) is 0 Å². The monoisotopic (exact) mass is 311 g/mol. The normalized spacial score (nSPS) is 16.3. The van der Waals surface area contributed by atoms with E-state index in [0.717, 1.165) is 12.1 Å². The van der Waals surface area contributed by atoms with Crippen molar-refractivity contribution in [2.24, 2.45) is 11.8 Å². The van der Waals surface area contributed by atoms with Crippen LogP contribution in [0.1, 0.15) is 43.2 Å². The Kier molecular flexibility index (Phi) is 5.24. The van der Waals surface area contributed by atoms with Crippen LogP contribution in [-0.2, 0) is 10.0 Å². The summed E-state index contributed by atoms with van der Waals surface area (Å²) in [6, 6.07) is 3.50. The molecule has 0 atom stereocenters. The van der Waals surface area contributed by atoms with Crippen molar-refractivity contribution in [3.8, 4) is 0 Å². The highest BCUT2D eigenvalue weighted by Gasteiger charge is 2.21. The predicted molar refractivity (Wildman–Crippen MR) is 85.5 cm³/mol. The minimum atomic E-state index is -3.46. The Morgan fingerprint density at radius 2 is 1.76 bits per heavy atom. The zero-order chi connectivity index (χ0) is 15.5. The molecule has 2 rings (SSSR count). The molecule has 1 fully saturated rings. The maximum atomic E-state index is 12.5. The number of anilines is 1. The molecule has 1 saturated carbocycles. The van der Waals surface area contributed by atoms with Gasteiger partial charge in [0.25, 0.3) is 0 Å². The van der Waals surface area contributed by atoms with E-state index in [9.17, 15) is 8.42 Å². The first-order valence-electron chi connectivity index (χ1n) is 7.51. The summed E-state index contributed by atoms with van der Waals surface area (Å²) in [4.78, 5) is 0.368. The molecule has 0 spiro atoms. The molecule has 0 unspecified atom stereocenters. The molecule has 0 amide bonds. The summed E-state index contributed by atoms with van der Waals surface area (Å²) in [5.41, 5.74) is 4.68. The number of hydrogen-bond donors (Lipinski definition) is 3. The van der Waals surface area contributed by atoms with Gasteiger partial charge in [0.2, 0.25) is 10.0 Å². The molecule has 1 aromatic carbocycles. The van der Waals surface area contributed by atoms with Crippen LogP contribution in [0.25, 0.3) is 0 Å². The first-order valence-corrected chi connectivity index (χ1v) is 9.00. The number of hydrazine groups is 1. The van der Waals surface area contributed by atoms with Crippen molar-refractivity contribution in [3.05, 3.63) is 23.3 Å². The average molecular weight is 311 g/mol. The number of nitrogen functional groups attached to an aromatic ring is 1. The molecule has 118 valence electrons. The number of benzene rings is 1. The van der Waals surface area contributed by atoms with Gasteiger partial charge in [-0.3, -0.25) is 5.84 Å². The molecule has 0 aromatic heterocycles. The van der Waals surface area contributed by atoms with Crippen LogP contribution in [0.2, 0.25) is 0 Å². The lowest BCUT2D eigenvalue weighted by Crippen LogP contribution is -2.27. The van der Waals surface area contributed by atoms with Gasteiger partial charge < -0.3 is 5.43 Å². The zero-order valence-electron chi connectivity index (χ0n) is 12.8. The summed E-state index contributed by atoms with van der Waals surface area (Å²) in [7, 11) is -3.46. The fraction of sp³-hybridized carbons (Fsp3) is 0.600. The molecule has 0 aliphatic heterocycles.